The van der Waals surface area contributed by atoms with Gasteiger partial charge in [0, 0.05) is 25.6 Å². The molecule has 2 aromatic rings. The average molecular weight is 493 g/mol. The fourth-order valence-corrected chi connectivity index (χ4v) is 5.20. The Morgan fingerprint density at radius 1 is 1.17 bits per heavy atom. The molecule has 2 unspecified atom stereocenters. The van der Waals surface area contributed by atoms with Crippen LogP contribution in [0.15, 0.2) is 60.7 Å². The van der Waals surface area contributed by atoms with Crippen molar-refractivity contribution < 1.29 is 19.1 Å². The molecular weight excluding hydrogens is 456 g/mol. The first-order valence-electron chi connectivity index (χ1n) is 12.5. The molecule has 3 atom stereocenters. The molecule has 192 valence electrons. The van der Waals surface area contributed by atoms with Gasteiger partial charge in [-0.1, -0.05) is 60.7 Å². The molecule has 0 aromatic heterocycles. The third kappa shape index (κ3) is 5.60. The normalized spacial score (nSPS) is 22.8. The number of nitrogens with two attached hydrogens (primary N) is 1. The summed E-state index contributed by atoms with van der Waals surface area (Å²) in [6, 6.07) is 18.7. The monoisotopic (exact) mass is 492 g/mol. The Kier molecular flexibility index (Phi) is 7.76. The summed E-state index contributed by atoms with van der Waals surface area (Å²) in [7, 11) is 0. The van der Waals surface area contributed by atoms with Crippen molar-refractivity contribution >= 4 is 17.7 Å². The topological polar surface area (TPSA) is 114 Å². The van der Waals surface area contributed by atoms with Crippen LogP contribution in [0.1, 0.15) is 43.7 Å². The van der Waals surface area contributed by atoms with E-state index in [1.165, 1.54) is 0 Å². The van der Waals surface area contributed by atoms with E-state index in [4.69, 9.17) is 10.5 Å². The van der Waals surface area contributed by atoms with Crippen LogP contribution in [-0.2, 0) is 25.7 Å². The number of piperidine rings is 1. The second kappa shape index (κ2) is 10.8. The Hall–Kier alpha value is -3.23. The van der Waals surface area contributed by atoms with E-state index in [2.05, 4.69) is 10.6 Å². The minimum absolute atomic E-state index is 0.00730. The minimum Gasteiger partial charge on any atom is -0.374 e. The van der Waals surface area contributed by atoms with Crippen molar-refractivity contribution in [1.82, 2.24) is 15.5 Å². The Labute approximate surface area is 212 Å². The Morgan fingerprint density at radius 2 is 1.83 bits per heavy atom. The van der Waals surface area contributed by atoms with Gasteiger partial charge in [-0.25, -0.2) is 0 Å². The predicted molar refractivity (Wildman–Crippen MR) is 137 cm³/mol. The van der Waals surface area contributed by atoms with Crippen LogP contribution in [0.3, 0.4) is 0 Å². The lowest BCUT2D eigenvalue weighted by Gasteiger charge is -2.43. The molecule has 2 saturated heterocycles. The fourth-order valence-electron chi connectivity index (χ4n) is 5.20. The van der Waals surface area contributed by atoms with Crippen molar-refractivity contribution in [3.63, 3.8) is 0 Å². The molecule has 3 amide bonds. The van der Waals surface area contributed by atoms with Gasteiger partial charge in [-0.3, -0.25) is 14.4 Å². The van der Waals surface area contributed by atoms with Crippen LogP contribution in [0.4, 0.5) is 0 Å². The van der Waals surface area contributed by atoms with Crippen molar-refractivity contribution in [3.05, 3.63) is 71.8 Å². The van der Waals surface area contributed by atoms with Crippen LogP contribution in [-0.4, -0.2) is 60.4 Å². The summed E-state index contributed by atoms with van der Waals surface area (Å²) in [6.45, 7) is 4.88. The number of carbonyl (C=O) groups is 3. The third-order valence-electron chi connectivity index (χ3n) is 7.21. The SMILES string of the molecule is CC(C)(N)C(=O)N[C@H](COCc1ccccc1)C(=O)N1CCCC2(C1)C(=O)NCC2c1ccccc1. The van der Waals surface area contributed by atoms with E-state index < -0.39 is 22.9 Å². The zero-order valence-electron chi connectivity index (χ0n) is 21.0. The van der Waals surface area contributed by atoms with Gasteiger partial charge in [-0.2, -0.15) is 0 Å². The summed E-state index contributed by atoms with van der Waals surface area (Å²) >= 11 is 0. The van der Waals surface area contributed by atoms with Gasteiger partial charge in [0.1, 0.15) is 6.04 Å². The highest BCUT2D eigenvalue weighted by molar-refractivity contribution is 5.92. The van der Waals surface area contributed by atoms with E-state index in [1.807, 2.05) is 60.7 Å². The van der Waals surface area contributed by atoms with Gasteiger partial charge in [0.05, 0.1) is 24.2 Å². The molecule has 2 heterocycles. The van der Waals surface area contributed by atoms with Gasteiger partial charge in [-0.05, 0) is 37.8 Å². The number of hydrogen-bond donors (Lipinski definition) is 3. The van der Waals surface area contributed by atoms with Gasteiger partial charge < -0.3 is 26.0 Å². The smallest absolute Gasteiger partial charge is 0.247 e. The first-order valence-corrected chi connectivity index (χ1v) is 12.5. The molecule has 1 spiro atoms. The molecule has 8 heteroatoms. The maximum atomic E-state index is 13.8. The lowest BCUT2D eigenvalue weighted by Crippen LogP contribution is -2.60. The van der Waals surface area contributed by atoms with Crippen molar-refractivity contribution in [2.45, 2.75) is 50.8 Å². The predicted octanol–water partition coefficient (Wildman–Crippen LogP) is 1.95. The summed E-state index contributed by atoms with van der Waals surface area (Å²) in [4.78, 5) is 41.3. The summed E-state index contributed by atoms with van der Waals surface area (Å²) in [5.74, 6) is -0.729. The average Bonchev–Trinajstić information content (AvgIpc) is 3.18. The number of benzene rings is 2. The second-order valence-electron chi connectivity index (χ2n) is 10.4. The van der Waals surface area contributed by atoms with Crippen LogP contribution in [0, 0.1) is 5.41 Å². The van der Waals surface area contributed by atoms with Crippen LogP contribution in [0.5, 0.6) is 0 Å². The quantitative estimate of drug-likeness (QED) is 0.521. The second-order valence-corrected chi connectivity index (χ2v) is 10.4. The number of amides is 3. The summed E-state index contributed by atoms with van der Waals surface area (Å²) < 4.78 is 5.85. The van der Waals surface area contributed by atoms with E-state index in [-0.39, 0.29) is 24.3 Å². The lowest BCUT2D eigenvalue weighted by molar-refractivity contribution is -0.145. The third-order valence-corrected chi connectivity index (χ3v) is 7.21. The molecule has 2 aliphatic rings. The lowest BCUT2D eigenvalue weighted by atomic mass is 9.69. The molecule has 0 bridgehead atoms. The zero-order valence-corrected chi connectivity index (χ0v) is 21.0. The molecule has 8 nitrogen and oxygen atoms in total. The van der Waals surface area contributed by atoms with Gasteiger partial charge in [0.25, 0.3) is 0 Å². The Morgan fingerprint density at radius 3 is 2.50 bits per heavy atom. The number of carbonyl (C=O) groups excluding carboxylic acids is 3. The highest BCUT2D eigenvalue weighted by Gasteiger charge is 2.53. The largest absolute Gasteiger partial charge is 0.374 e. The maximum Gasteiger partial charge on any atom is 0.247 e. The molecule has 0 saturated carbocycles. The summed E-state index contributed by atoms with van der Waals surface area (Å²) in [5.41, 5.74) is 6.21. The number of ether oxygens (including phenoxy) is 1. The van der Waals surface area contributed by atoms with E-state index in [0.717, 1.165) is 11.1 Å². The van der Waals surface area contributed by atoms with E-state index in [9.17, 15) is 14.4 Å². The molecule has 36 heavy (non-hydrogen) atoms. The fraction of sp³-hybridized carbons (Fsp3) is 0.464. The van der Waals surface area contributed by atoms with Gasteiger partial charge >= 0.3 is 0 Å². The van der Waals surface area contributed by atoms with Crippen LogP contribution < -0.4 is 16.4 Å². The van der Waals surface area contributed by atoms with Crippen LogP contribution in [0.25, 0.3) is 0 Å². The Bertz CT molecular complexity index is 1070. The van der Waals surface area contributed by atoms with Crippen LogP contribution >= 0.6 is 0 Å². The van der Waals surface area contributed by atoms with Crippen molar-refractivity contribution in [2.75, 3.05) is 26.2 Å². The molecule has 0 aliphatic carbocycles. The van der Waals surface area contributed by atoms with Gasteiger partial charge in [-0.15, -0.1) is 0 Å². The van der Waals surface area contributed by atoms with Crippen molar-refractivity contribution in [1.29, 1.82) is 0 Å². The van der Waals surface area contributed by atoms with E-state index in [1.54, 1.807) is 18.7 Å². The molecular formula is C28H36N4O4. The number of nitrogens with one attached hydrogen (secondary N) is 2. The number of nitrogens with zero attached hydrogens (tertiary/aromatic N) is 1. The highest BCUT2D eigenvalue weighted by atomic mass is 16.5. The molecule has 0 radical (unpaired) electrons. The molecule has 4 N–H and O–H groups in total. The highest BCUT2D eigenvalue weighted by Crippen LogP contribution is 2.46. The van der Waals surface area contributed by atoms with Gasteiger partial charge in [0.2, 0.25) is 17.7 Å². The van der Waals surface area contributed by atoms with Gasteiger partial charge in [0.15, 0.2) is 0 Å². The van der Waals surface area contributed by atoms with Crippen molar-refractivity contribution in [2.24, 2.45) is 11.1 Å². The zero-order chi connectivity index (χ0) is 25.8. The first kappa shape index (κ1) is 25.9. The minimum atomic E-state index is -1.15. The molecule has 2 aromatic carbocycles. The number of hydrogen-bond acceptors (Lipinski definition) is 5. The molecule has 4 rings (SSSR count). The summed E-state index contributed by atoms with van der Waals surface area (Å²) in [6.07, 6.45) is 1.41. The van der Waals surface area contributed by atoms with E-state index >= 15 is 0 Å². The van der Waals surface area contributed by atoms with Crippen molar-refractivity contribution in [3.8, 4) is 0 Å². The maximum absolute atomic E-state index is 13.8. The number of rotatable bonds is 8. The van der Waals surface area contributed by atoms with Crippen LogP contribution in [0.2, 0.25) is 0 Å². The first-order chi connectivity index (χ1) is 17.2. The van der Waals surface area contributed by atoms with E-state index in [0.29, 0.717) is 39.1 Å². The molecule has 2 aliphatic heterocycles. The standard InChI is InChI=1S/C28H36N4O4/c1-27(2,29)25(34)31-23(18-36-17-20-10-5-3-6-11-20)24(33)32-15-9-14-28(19-32)22(16-30-26(28)35)21-12-7-4-8-13-21/h3-8,10-13,22-23H,9,14-19,29H2,1-2H3,(H,30,35)(H,31,34)/t22?,23-,28?/m1/s1. The Balaban J connectivity index is 1.52. The summed E-state index contributed by atoms with van der Waals surface area (Å²) in [5, 5.41) is 5.83. The molecule has 2 fully saturated rings. The number of likely N-dealkylation sites (tertiary alicyclic amines) is 1.